The van der Waals surface area contributed by atoms with Crippen molar-refractivity contribution in [3.63, 3.8) is 0 Å². The molecule has 0 aliphatic carbocycles. The molecule has 0 amide bonds. The summed E-state index contributed by atoms with van der Waals surface area (Å²) >= 11 is 1.33. The first kappa shape index (κ1) is 15.3. The highest BCUT2D eigenvalue weighted by molar-refractivity contribution is 7.99. The van der Waals surface area contributed by atoms with E-state index >= 15 is 0 Å². The Morgan fingerprint density at radius 1 is 1.38 bits per heavy atom. The second-order valence-electron chi connectivity index (χ2n) is 4.95. The quantitative estimate of drug-likeness (QED) is 0.815. The summed E-state index contributed by atoms with van der Waals surface area (Å²) in [5, 5.41) is 14.1. The van der Waals surface area contributed by atoms with Crippen molar-refractivity contribution in [2.75, 3.05) is 5.75 Å². The first-order valence-electron chi connectivity index (χ1n) is 6.55. The maximum atomic E-state index is 12.2. The van der Waals surface area contributed by atoms with Crippen LogP contribution in [0.3, 0.4) is 0 Å². The molecule has 0 aromatic carbocycles. The molecular formula is C15H17N4OS+. The molecule has 0 aliphatic heterocycles. The first-order chi connectivity index (χ1) is 9.92. The van der Waals surface area contributed by atoms with E-state index in [2.05, 4.69) is 16.2 Å². The Morgan fingerprint density at radius 3 is 2.67 bits per heavy atom. The first-order valence-corrected chi connectivity index (χ1v) is 7.54. The number of nitriles is 1. The molecule has 2 aromatic heterocycles. The molecule has 2 aromatic rings. The van der Waals surface area contributed by atoms with Crippen molar-refractivity contribution in [1.82, 2.24) is 9.78 Å². The van der Waals surface area contributed by atoms with E-state index in [1.165, 1.54) is 16.4 Å². The van der Waals surface area contributed by atoms with Gasteiger partial charge in [-0.25, -0.2) is 9.67 Å². The van der Waals surface area contributed by atoms with Crippen LogP contribution in [0.1, 0.15) is 33.0 Å². The number of rotatable bonds is 3. The van der Waals surface area contributed by atoms with E-state index in [-0.39, 0.29) is 11.7 Å². The normalized spacial score (nSPS) is 10.4. The summed E-state index contributed by atoms with van der Waals surface area (Å²) in [5.41, 5.74) is 4.23. The predicted octanol–water partition coefficient (Wildman–Crippen LogP) is 2.24. The average Bonchev–Trinajstić information content (AvgIpc) is 2.78. The molecule has 2 heterocycles. The highest BCUT2D eigenvalue weighted by atomic mass is 32.2. The Labute approximate surface area is 128 Å². The van der Waals surface area contributed by atoms with E-state index in [1.54, 1.807) is 0 Å². The van der Waals surface area contributed by atoms with Crippen LogP contribution in [0.25, 0.3) is 0 Å². The van der Waals surface area contributed by atoms with Crippen molar-refractivity contribution in [1.29, 1.82) is 5.26 Å². The predicted molar refractivity (Wildman–Crippen MR) is 80.2 cm³/mol. The van der Waals surface area contributed by atoms with Crippen molar-refractivity contribution in [3.8, 4) is 6.07 Å². The third-order valence-corrected chi connectivity index (χ3v) is 4.21. The Hall–Kier alpha value is -2.13. The maximum Gasteiger partial charge on any atom is 0.257 e. The van der Waals surface area contributed by atoms with E-state index < -0.39 is 0 Å². The van der Waals surface area contributed by atoms with E-state index in [0.717, 1.165) is 27.7 Å². The zero-order valence-corrected chi connectivity index (χ0v) is 13.3. The minimum atomic E-state index is -0.0962. The minimum Gasteiger partial charge on any atom is -0.272 e. The summed E-state index contributed by atoms with van der Waals surface area (Å²) in [7, 11) is 0. The molecule has 0 bridgehead atoms. The minimum absolute atomic E-state index is 0.0962. The molecule has 108 valence electrons. The fourth-order valence-corrected chi connectivity index (χ4v) is 2.88. The van der Waals surface area contributed by atoms with Crippen LogP contribution in [-0.4, -0.2) is 21.4 Å². The van der Waals surface area contributed by atoms with Gasteiger partial charge in [0, 0.05) is 18.2 Å². The van der Waals surface area contributed by atoms with Crippen LogP contribution in [0.4, 0.5) is 0 Å². The molecule has 0 saturated heterocycles. The number of aromatic nitrogens is 3. The topological polar surface area (TPSA) is 72.8 Å². The molecular weight excluding hydrogens is 284 g/mol. The largest absolute Gasteiger partial charge is 0.272 e. The number of aromatic amines is 1. The third kappa shape index (κ3) is 3.31. The second kappa shape index (κ2) is 6.10. The van der Waals surface area contributed by atoms with Gasteiger partial charge in [0.1, 0.15) is 11.6 Å². The molecule has 0 aliphatic rings. The van der Waals surface area contributed by atoms with E-state index in [9.17, 15) is 10.1 Å². The lowest BCUT2D eigenvalue weighted by atomic mass is 10.2. The summed E-state index contributed by atoms with van der Waals surface area (Å²) < 4.78 is 1.41. The lowest BCUT2D eigenvalue weighted by Crippen LogP contribution is -2.19. The maximum absolute atomic E-state index is 12.2. The Kier molecular flexibility index (Phi) is 4.43. The van der Waals surface area contributed by atoms with E-state index in [0.29, 0.717) is 5.56 Å². The monoisotopic (exact) mass is 301 g/mol. The number of nitrogens with one attached hydrogen (secondary N) is 1. The zero-order valence-electron chi connectivity index (χ0n) is 12.5. The summed E-state index contributed by atoms with van der Waals surface area (Å²) in [6, 6.07) is 5.86. The van der Waals surface area contributed by atoms with Gasteiger partial charge in [0.25, 0.3) is 10.9 Å². The van der Waals surface area contributed by atoms with Gasteiger partial charge < -0.3 is 0 Å². The molecule has 5 nitrogen and oxygen atoms in total. The van der Waals surface area contributed by atoms with E-state index in [4.69, 9.17) is 0 Å². The number of hydrogen-bond donors (Lipinski definition) is 0. The van der Waals surface area contributed by atoms with Gasteiger partial charge in [0.05, 0.1) is 11.4 Å². The van der Waals surface area contributed by atoms with E-state index in [1.807, 2.05) is 39.8 Å². The second-order valence-corrected chi connectivity index (χ2v) is 5.94. The Balaban J connectivity index is 2.17. The van der Waals surface area contributed by atoms with Crippen LogP contribution in [0.2, 0.25) is 0 Å². The summed E-state index contributed by atoms with van der Waals surface area (Å²) in [4.78, 5) is 15.4. The SMILES string of the molecule is Cc1cc(C)n(C(=O)CSc2[nH+]c(C)c(C)cc2C#N)n1. The number of thioether (sulfide) groups is 1. The molecule has 2 rings (SSSR count). The van der Waals surface area contributed by atoms with Crippen molar-refractivity contribution in [3.05, 3.63) is 40.3 Å². The number of nitrogens with zero attached hydrogens (tertiary/aromatic N) is 3. The molecule has 1 N–H and O–H groups in total. The summed E-state index contributed by atoms with van der Waals surface area (Å²) in [6.45, 7) is 7.60. The van der Waals surface area contributed by atoms with Gasteiger partial charge in [-0.2, -0.15) is 10.4 Å². The van der Waals surface area contributed by atoms with Gasteiger partial charge in [-0.15, -0.1) is 0 Å². The van der Waals surface area contributed by atoms with Gasteiger partial charge in [0.2, 0.25) is 0 Å². The van der Waals surface area contributed by atoms with Crippen LogP contribution in [0.5, 0.6) is 0 Å². The van der Waals surface area contributed by atoms with Gasteiger partial charge in [-0.3, -0.25) is 4.79 Å². The third-order valence-electron chi connectivity index (χ3n) is 3.20. The van der Waals surface area contributed by atoms with Crippen LogP contribution in [0.15, 0.2) is 17.2 Å². The fraction of sp³-hybridized carbons (Fsp3) is 0.333. The van der Waals surface area contributed by atoms with Crippen LogP contribution >= 0.6 is 11.8 Å². The highest BCUT2D eigenvalue weighted by Crippen LogP contribution is 2.19. The van der Waals surface area contributed by atoms with Crippen LogP contribution in [-0.2, 0) is 0 Å². The van der Waals surface area contributed by atoms with Crippen molar-refractivity contribution >= 4 is 17.7 Å². The lowest BCUT2D eigenvalue weighted by Gasteiger charge is -2.03. The smallest absolute Gasteiger partial charge is 0.257 e. The highest BCUT2D eigenvalue weighted by Gasteiger charge is 2.17. The molecule has 0 atom stereocenters. The number of carbonyl (C=O) groups excluding carboxylic acids is 1. The lowest BCUT2D eigenvalue weighted by molar-refractivity contribution is -0.436. The number of H-pyrrole nitrogens is 1. The van der Waals surface area contributed by atoms with Crippen molar-refractivity contribution in [2.24, 2.45) is 0 Å². The van der Waals surface area contributed by atoms with Gasteiger partial charge in [0.15, 0.2) is 5.69 Å². The van der Waals surface area contributed by atoms with Gasteiger partial charge in [-0.1, -0.05) is 0 Å². The zero-order chi connectivity index (χ0) is 15.6. The number of hydrogen-bond acceptors (Lipinski definition) is 4. The molecule has 0 fully saturated rings. The number of carbonyl (C=O) groups is 1. The van der Waals surface area contributed by atoms with Crippen LogP contribution in [0, 0.1) is 39.0 Å². The Morgan fingerprint density at radius 2 is 2.10 bits per heavy atom. The van der Waals surface area contributed by atoms with Crippen molar-refractivity contribution < 1.29 is 9.78 Å². The fourth-order valence-electron chi connectivity index (χ4n) is 2.00. The molecule has 21 heavy (non-hydrogen) atoms. The van der Waals surface area contributed by atoms with Crippen molar-refractivity contribution in [2.45, 2.75) is 32.7 Å². The standard InChI is InChI=1S/C15H16N4OS/c1-9-5-13(7-16)15(17-12(9)4)21-8-14(20)19-11(3)6-10(2)18-19/h5-6H,8H2,1-4H3/p+1. The summed E-state index contributed by atoms with van der Waals surface area (Å²) in [6.07, 6.45) is 0. The molecule has 0 radical (unpaired) electrons. The molecule has 0 unspecified atom stereocenters. The number of aryl methyl sites for hydroxylation is 4. The van der Waals surface area contributed by atoms with Crippen LogP contribution < -0.4 is 4.98 Å². The molecule has 0 saturated carbocycles. The van der Waals surface area contributed by atoms with Gasteiger partial charge >= 0.3 is 0 Å². The molecule has 6 heteroatoms. The molecule has 0 spiro atoms. The average molecular weight is 301 g/mol. The Bertz CT molecular complexity index is 743. The van der Waals surface area contributed by atoms with Gasteiger partial charge in [-0.05, 0) is 44.7 Å². The summed E-state index contributed by atoms with van der Waals surface area (Å²) in [5.74, 6) is 0.136. The number of pyridine rings is 1.